The van der Waals surface area contributed by atoms with Crippen LogP contribution in [0, 0.1) is 22.7 Å². The Balaban J connectivity index is 1.46. The van der Waals surface area contributed by atoms with E-state index in [1.165, 1.54) is 22.7 Å². The van der Waals surface area contributed by atoms with E-state index in [-0.39, 0.29) is 0 Å². The molecule has 2 N–H and O–H groups in total. The standard InChI is InChI=1S/C44H32N6O2S2/c1-3-5-23-51-29-19-15-27(16-20-29)39-37-38(42(49-39)32(26-46)44-48-34-12-8-10-14-36(34)54-44)40(28-17-21-30(22-18-28)52-24-6-4-2)50-41(37)31(25-45)43-47-33-11-7-9-13-35(33)53-43/h3-4,7-22,49-50H,1-2,5-6,23-24H2/b41-31-,42-32-. The van der Waals surface area contributed by atoms with Crippen molar-refractivity contribution in [2.24, 2.45) is 0 Å². The number of benzene rings is 4. The maximum Gasteiger partial charge on any atom is 0.137 e. The molecule has 0 spiro atoms. The van der Waals surface area contributed by atoms with Crippen molar-refractivity contribution in [2.75, 3.05) is 13.2 Å². The maximum atomic E-state index is 10.9. The van der Waals surface area contributed by atoms with Gasteiger partial charge in [-0.2, -0.15) is 10.5 Å². The average Bonchev–Trinajstić information content (AvgIpc) is 4.00. The molecule has 4 heterocycles. The molecule has 0 saturated carbocycles. The topological polar surface area (TPSA) is 123 Å². The summed E-state index contributed by atoms with van der Waals surface area (Å²) < 4.78 is 13.8. The van der Waals surface area contributed by atoms with Crippen LogP contribution in [0.15, 0.2) is 122 Å². The molecule has 0 aliphatic heterocycles. The summed E-state index contributed by atoms with van der Waals surface area (Å²) in [5.74, 6) is 1.46. The molecule has 8 aromatic rings. The summed E-state index contributed by atoms with van der Waals surface area (Å²) in [7, 11) is 0. The van der Waals surface area contributed by atoms with Crippen molar-refractivity contribution in [3.8, 4) is 46.2 Å². The van der Waals surface area contributed by atoms with E-state index in [4.69, 9.17) is 19.4 Å². The first-order chi connectivity index (χ1) is 26.6. The van der Waals surface area contributed by atoms with Gasteiger partial charge in [-0.3, -0.25) is 0 Å². The fraction of sp³-hybridized carbons (Fsp3) is 0.0909. The number of aromatic nitrogens is 4. The third-order valence-corrected chi connectivity index (χ3v) is 11.1. The lowest BCUT2D eigenvalue weighted by Gasteiger charge is -2.06. The largest absolute Gasteiger partial charge is 0.493 e. The SMILES string of the molecule is C=CCCOc1ccc(-c2[nH]/c(=C(/C#N)c3nc4ccccc4s3)c3c(-c4ccc(OCCC=C)cc4)[nH]/c(=C(/C#N)c4nc5ccccc5s4)c23)cc1. The summed E-state index contributed by atoms with van der Waals surface area (Å²) in [6.45, 7) is 8.61. The van der Waals surface area contributed by atoms with Crippen molar-refractivity contribution in [2.45, 2.75) is 12.8 Å². The van der Waals surface area contributed by atoms with Crippen LogP contribution in [0.2, 0.25) is 0 Å². The molecular weight excluding hydrogens is 709 g/mol. The second-order valence-corrected chi connectivity index (χ2v) is 14.4. The quantitative estimate of drug-likeness (QED) is 0.0951. The molecule has 4 aromatic heterocycles. The number of fused-ring (bicyclic) bond motifs is 3. The Labute approximate surface area is 318 Å². The lowest BCUT2D eigenvalue weighted by Crippen LogP contribution is -2.10. The van der Waals surface area contributed by atoms with Gasteiger partial charge >= 0.3 is 0 Å². The highest BCUT2D eigenvalue weighted by Gasteiger charge is 2.24. The van der Waals surface area contributed by atoms with Gasteiger partial charge in [0, 0.05) is 10.8 Å². The van der Waals surface area contributed by atoms with E-state index < -0.39 is 0 Å². The molecule has 4 aromatic carbocycles. The Hall–Kier alpha value is -6.72. The van der Waals surface area contributed by atoms with Crippen LogP contribution in [0.25, 0.3) is 64.9 Å². The third-order valence-electron chi connectivity index (χ3n) is 8.96. The second-order valence-electron chi connectivity index (χ2n) is 12.3. The highest BCUT2D eigenvalue weighted by molar-refractivity contribution is 7.20. The summed E-state index contributed by atoms with van der Waals surface area (Å²) in [6.07, 6.45) is 5.11. The van der Waals surface area contributed by atoms with E-state index >= 15 is 0 Å². The number of ether oxygens (including phenoxy) is 2. The molecule has 0 fully saturated rings. The smallest absolute Gasteiger partial charge is 0.137 e. The van der Waals surface area contributed by atoms with E-state index in [2.05, 4.69) is 35.3 Å². The minimum Gasteiger partial charge on any atom is -0.493 e. The van der Waals surface area contributed by atoms with E-state index in [0.717, 1.165) is 78.1 Å². The lowest BCUT2D eigenvalue weighted by atomic mass is 10.0. The first-order valence-electron chi connectivity index (χ1n) is 17.3. The van der Waals surface area contributed by atoms with Crippen LogP contribution in [0.3, 0.4) is 0 Å². The minimum atomic E-state index is 0.395. The average molecular weight is 741 g/mol. The van der Waals surface area contributed by atoms with Crippen molar-refractivity contribution in [1.29, 1.82) is 10.5 Å². The van der Waals surface area contributed by atoms with E-state index in [1.807, 2.05) is 109 Å². The zero-order chi connectivity index (χ0) is 37.0. The number of rotatable bonds is 12. The summed E-state index contributed by atoms with van der Waals surface area (Å²) >= 11 is 2.93. The van der Waals surface area contributed by atoms with Crippen LogP contribution in [0.5, 0.6) is 11.5 Å². The van der Waals surface area contributed by atoms with Crippen LogP contribution in [0.1, 0.15) is 22.9 Å². The molecule has 10 heteroatoms. The first kappa shape index (κ1) is 34.4. The van der Waals surface area contributed by atoms with Crippen LogP contribution < -0.4 is 20.2 Å². The number of aromatic amines is 2. The van der Waals surface area contributed by atoms with Gasteiger partial charge in [-0.1, -0.05) is 36.4 Å². The number of hydrogen-bond acceptors (Lipinski definition) is 8. The Morgan fingerprint density at radius 1 is 0.611 bits per heavy atom. The Morgan fingerprint density at radius 3 is 1.39 bits per heavy atom. The van der Waals surface area contributed by atoms with E-state index in [1.54, 1.807) is 0 Å². The zero-order valence-corrected chi connectivity index (χ0v) is 30.7. The Bertz CT molecular complexity index is 2630. The number of nitrogens with zero attached hydrogens (tertiary/aromatic N) is 4. The molecular formula is C44H32N6O2S2. The molecule has 0 atom stereocenters. The van der Waals surface area contributed by atoms with Crippen LogP contribution >= 0.6 is 22.7 Å². The molecule has 54 heavy (non-hydrogen) atoms. The van der Waals surface area contributed by atoms with Gasteiger partial charge in [-0.05, 0) is 96.8 Å². The number of nitrogens with one attached hydrogen (secondary N) is 2. The number of hydrogen-bond donors (Lipinski definition) is 2. The molecule has 0 amide bonds. The van der Waals surface area contributed by atoms with Gasteiger partial charge in [-0.25, -0.2) is 9.97 Å². The lowest BCUT2D eigenvalue weighted by molar-refractivity contribution is 0.325. The van der Waals surface area contributed by atoms with Crippen molar-refractivity contribution in [3.63, 3.8) is 0 Å². The predicted octanol–water partition coefficient (Wildman–Crippen LogP) is 9.40. The summed E-state index contributed by atoms with van der Waals surface area (Å²) in [5, 5.41) is 25.7. The molecule has 0 aliphatic carbocycles. The maximum absolute atomic E-state index is 10.9. The molecule has 0 saturated heterocycles. The molecule has 0 bridgehead atoms. The molecule has 8 rings (SSSR count). The van der Waals surface area contributed by atoms with Crippen LogP contribution in [-0.2, 0) is 0 Å². The minimum absolute atomic E-state index is 0.395. The fourth-order valence-corrected chi connectivity index (χ4v) is 8.33. The molecule has 0 unspecified atom stereocenters. The Kier molecular flexibility index (Phi) is 9.61. The van der Waals surface area contributed by atoms with Crippen molar-refractivity contribution < 1.29 is 9.47 Å². The highest BCUT2D eigenvalue weighted by Crippen LogP contribution is 2.35. The van der Waals surface area contributed by atoms with Crippen molar-refractivity contribution >= 4 is 65.0 Å². The zero-order valence-electron chi connectivity index (χ0n) is 29.1. The van der Waals surface area contributed by atoms with Crippen molar-refractivity contribution in [1.82, 2.24) is 19.9 Å². The molecule has 8 nitrogen and oxygen atoms in total. The molecule has 0 aliphatic rings. The van der Waals surface area contributed by atoms with Gasteiger partial charge in [0.1, 0.15) is 44.8 Å². The first-order valence-corrected chi connectivity index (χ1v) is 19.0. The monoisotopic (exact) mass is 740 g/mol. The normalized spacial score (nSPS) is 12.3. The van der Waals surface area contributed by atoms with Crippen molar-refractivity contribution in [3.05, 3.63) is 143 Å². The Morgan fingerprint density at radius 2 is 1.02 bits per heavy atom. The molecule has 262 valence electrons. The number of H-pyrrole nitrogens is 2. The van der Waals surface area contributed by atoms with Gasteiger partial charge in [-0.15, -0.1) is 35.8 Å². The van der Waals surface area contributed by atoms with Crippen LogP contribution in [0.4, 0.5) is 0 Å². The second kappa shape index (κ2) is 15.1. The highest BCUT2D eigenvalue weighted by atomic mass is 32.1. The number of para-hydroxylation sites is 2. The van der Waals surface area contributed by atoms with Crippen LogP contribution in [-0.4, -0.2) is 33.1 Å². The number of nitriles is 2. The number of thiazole rings is 2. The van der Waals surface area contributed by atoms with Gasteiger partial charge in [0.15, 0.2) is 0 Å². The van der Waals surface area contributed by atoms with E-state index in [9.17, 15) is 10.5 Å². The third kappa shape index (κ3) is 6.45. The van der Waals surface area contributed by atoms with E-state index in [0.29, 0.717) is 45.1 Å². The van der Waals surface area contributed by atoms with Gasteiger partial charge in [0.05, 0.1) is 55.7 Å². The summed E-state index contributed by atoms with van der Waals surface area (Å²) in [4.78, 5) is 17.1. The van der Waals surface area contributed by atoms with Gasteiger partial charge < -0.3 is 19.4 Å². The molecule has 0 radical (unpaired) electrons. The summed E-state index contributed by atoms with van der Waals surface area (Å²) in [6, 6.07) is 36.3. The fourth-order valence-electron chi connectivity index (χ4n) is 6.39. The van der Waals surface area contributed by atoms with Gasteiger partial charge in [0.25, 0.3) is 0 Å². The predicted molar refractivity (Wildman–Crippen MR) is 219 cm³/mol. The summed E-state index contributed by atoms with van der Waals surface area (Å²) in [5.41, 5.74) is 5.60. The van der Waals surface area contributed by atoms with Gasteiger partial charge in [0.2, 0.25) is 0 Å².